The molecule has 0 unspecified atom stereocenters. The summed E-state index contributed by atoms with van der Waals surface area (Å²) in [7, 11) is 0. The van der Waals surface area contributed by atoms with Crippen LogP contribution < -0.4 is 31.9 Å². The number of benzene rings is 2. The molecule has 4 aliphatic rings. The molecule has 0 radical (unpaired) electrons. The second kappa shape index (κ2) is 14.6. The molecule has 4 heterocycles. The first-order valence-electron chi connectivity index (χ1n) is 17.2. The highest BCUT2D eigenvalue weighted by Crippen LogP contribution is 2.33. The van der Waals surface area contributed by atoms with Gasteiger partial charge in [-0.1, -0.05) is 59.6 Å². The molecule has 48 heavy (non-hydrogen) atoms. The van der Waals surface area contributed by atoms with Crippen LogP contribution in [-0.2, 0) is 12.8 Å². The van der Waals surface area contributed by atoms with Gasteiger partial charge < -0.3 is 31.9 Å². The van der Waals surface area contributed by atoms with Crippen LogP contribution in [0.1, 0.15) is 62.5 Å². The molecule has 2 aromatic heterocycles. The zero-order valence-electron chi connectivity index (χ0n) is 27.2. The van der Waals surface area contributed by atoms with Crippen molar-refractivity contribution < 1.29 is 0 Å². The Morgan fingerprint density at radius 3 is 1.42 bits per heavy atom. The van der Waals surface area contributed by atoms with E-state index in [9.17, 15) is 0 Å². The Bertz CT molecular complexity index is 1590. The lowest BCUT2D eigenvalue weighted by atomic mass is 10.0. The Morgan fingerprint density at radius 1 is 0.604 bits per heavy atom. The zero-order valence-corrected chi connectivity index (χ0v) is 28.7. The maximum atomic E-state index is 6.34. The topological polar surface area (TPSA) is 134 Å². The standard InChI is InChI=1S/2C18H22ClN5/c2*19-15-6-2-1-4-12(15)10-14-5-3-9-24(14)17-11-16(21-13-7-8-13)22-18(20)23-17/h2*1-2,4,6,11,13-14H,3,5,7-10H2,(H3,20,21,22,23)/t2*14-/m10/s1. The van der Waals surface area contributed by atoms with Gasteiger partial charge in [0.1, 0.15) is 23.3 Å². The second-order valence-corrected chi connectivity index (χ2v) is 14.2. The van der Waals surface area contributed by atoms with Crippen molar-refractivity contribution in [2.24, 2.45) is 0 Å². The number of rotatable bonds is 10. The van der Waals surface area contributed by atoms with E-state index >= 15 is 0 Å². The van der Waals surface area contributed by atoms with Crippen LogP contribution in [0.4, 0.5) is 35.2 Å². The minimum absolute atomic E-state index is 0.332. The molecule has 0 spiro atoms. The van der Waals surface area contributed by atoms with E-state index in [2.05, 4.69) is 52.5 Å². The third kappa shape index (κ3) is 8.33. The largest absolute Gasteiger partial charge is 0.368 e. The van der Waals surface area contributed by atoms with E-state index in [1.54, 1.807) is 0 Å². The van der Waals surface area contributed by atoms with Crippen molar-refractivity contribution in [1.29, 1.82) is 0 Å². The van der Waals surface area contributed by atoms with Crippen molar-refractivity contribution in [2.75, 3.05) is 45.0 Å². The normalized spacial score (nSPS) is 20.4. The molecule has 0 amide bonds. The number of anilines is 6. The maximum Gasteiger partial charge on any atom is 0.223 e. The molecule has 4 fully saturated rings. The summed E-state index contributed by atoms with van der Waals surface area (Å²) in [6.07, 6.45) is 11.3. The molecule has 6 N–H and O–H groups in total. The molecule has 2 saturated carbocycles. The van der Waals surface area contributed by atoms with Crippen molar-refractivity contribution in [2.45, 2.75) is 88.4 Å². The van der Waals surface area contributed by atoms with Gasteiger partial charge in [-0.05, 0) is 87.5 Å². The number of nitrogens with two attached hydrogens (primary N) is 2. The van der Waals surface area contributed by atoms with E-state index in [0.29, 0.717) is 36.1 Å². The van der Waals surface area contributed by atoms with Crippen LogP contribution in [0.25, 0.3) is 0 Å². The fraction of sp³-hybridized carbons (Fsp3) is 0.444. The average molecular weight is 688 g/mol. The number of hydrogen-bond donors (Lipinski definition) is 4. The number of halogens is 2. The Morgan fingerprint density at radius 2 is 1.02 bits per heavy atom. The molecular weight excluding hydrogens is 643 g/mol. The van der Waals surface area contributed by atoms with E-state index in [4.69, 9.17) is 34.7 Å². The van der Waals surface area contributed by atoms with Gasteiger partial charge in [-0.15, -0.1) is 0 Å². The molecule has 2 aromatic carbocycles. The number of hydrogen-bond acceptors (Lipinski definition) is 10. The Kier molecular flexibility index (Phi) is 9.91. The lowest BCUT2D eigenvalue weighted by Gasteiger charge is -2.26. The van der Waals surface area contributed by atoms with E-state index in [0.717, 1.165) is 84.9 Å². The van der Waals surface area contributed by atoms with Crippen LogP contribution in [0.3, 0.4) is 0 Å². The second-order valence-electron chi connectivity index (χ2n) is 13.3. The first-order valence-corrected chi connectivity index (χ1v) is 18.0. The minimum atomic E-state index is 0.332. The first kappa shape index (κ1) is 32.5. The summed E-state index contributed by atoms with van der Waals surface area (Å²) < 4.78 is 0. The number of nitrogen functional groups attached to an aromatic ring is 2. The highest BCUT2D eigenvalue weighted by molar-refractivity contribution is 6.31. The quantitative estimate of drug-likeness (QED) is 0.138. The molecule has 2 atom stereocenters. The van der Waals surface area contributed by atoms with Gasteiger partial charge >= 0.3 is 0 Å². The van der Waals surface area contributed by atoms with Crippen LogP contribution in [0.15, 0.2) is 60.7 Å². The summed E-state index contributed by atoms with van der Waals surface area (Å²) in [5.41, 5.74) is 14.2. The molecule has 2 saturated heterocycles. The van der Waals surface area contributed by atoms with Gasteiger partial charge in [0.05, 0.1) is 0 Å². The van der Waals surface area contributed by atoms with Gasteiger partial charge in [-0.3, -0.25) is 0 Å². The fourth-order valence-electron chi connectivity index (χ4n) is 6.76. The summed E-state index contributed by atoms with van der Waals surface area (Å²) in [4.78, 5) is 22.3. The van der Waals surface area contributed by atoms with Crippen molar-refractivity contribution in [3.8, 4) is 0 Å². The molecule has 4 aromatic rings. The van der Waals surface area contributed by atoms with E-state index in [1.807, 2.05) is 48.5 Å². The number of aromatic nitrogens is 4. The SMILES string of the molecule is Nc1nc(NC2CC2)cc(N2CCC[C@@H]2Cc2ccccc2Cl)n1.Nc1nc(NC2CC2)cc(N2CCC[C@H]2Cc2ccccc2Cl)n1. The molecule has 2 aliphatic carbocycles. The fourth-order valence-corrected chi connectivity index (χ4v) is 7.18. The highest BCUT2D eigenvalue weighted by Gasteiger charge is 2.30. The summed E-state index contributed by atoms with van der Waals surface area (Å²) in [5.74, 6) is 4.17. The predicted octanol–water partition coefficient (Wildman–Crippen LogP) is 7.00. The lowest BCUT2D eigenvalue weighted by Crippen LogP contribution is -2.32. The molecule has 8 rings (SSSR count). The Balaban J connectivity index is 0.000000152. The number of nitrogens with one attached hydrogen (secondary N) is 2. The Hall–Kier alpha value is -4.02. The van der Waals surface area contributed by atoms with Crippen LogP contribution in [0.5, 0.6) is 0 Å². The average Bonchev–Trinajstić information content (AvgIpc) is 3.96. The summed E-state index contributed by atoms with van der Waals surface area (Å²) >= 11 is 12.7. The zero-order chi connectivity index (χ0) is 33.0. The van der Waals surface area contributed by atoms with Crippen molar-refractivity contribution in [1.82, 2.24) is 19.9 Å². The van der Waals surface area contributed by atoms with Crippen LogP contribution in [-0.4, -0.2) is 57.2 Å². The Labute approximate surface area is 292 Å². The van der Waals surface area contributed by atoms with Crippen LogP contribution in [0, 0.1) is 0 Å². The maximum absolute atomic E-state index is 6.34. The summed E-state index contributed by atoms with van der Waals surface area (Å²) in [5, 5.41) is 8.50. The van der Waals surface area contributed by atoms with Gasteiger partial charge in [0.15, 0.2) is 0 Å². The van der Waals surface area contributed by atoms with E-state index < -0.39 is 0 Å². The number of nitrogens with zero attached hydrogens (tertiary/aromatic N) is 6. The van der Waals surface area contributed by atoms with Crippen molar-refractivity contribution >= 4 is 58.4 Å². The third-order valence-corrected chi connectivity index (χ3v) is 10.2. The van der Waals surface area contributed by atoms with Gasteiger partial charge in [-0.2, -0.15) is 19.9 Å². The van der Waals surface area contributed by atoms with Gasteiger partial charge in [0.2, 0.25) is 11.9 Å². The molecule has 0 bridgehead atoms. The first-order chi connectivity index (χ1) is 23.4. The van der Waals surface area contributed by atoms with Crippen molar-refractivity contribution in [3.05, 3.63) is 81.8 Å². The van der Waals surface area contributed by atoms with Gasteiger partial charge in [0, 0.05) is 59.4 Å². The van der Waals surface area contributed by atoms with Gasteiger partial charge in [-0.25, -0.2) is 0 Å². The monoisotopic (exact) mass is 686 g/mol. The summed E-state index contributed by atoms with van der Waals surface area (Å²) in [6, 6.07) is 22.1. The predicted molar refractivity (Wildman–Crippen MR) is 197 cm³/mol. The van der Waals surface area contributed by atoms with Gasteiger partial charge in [0.25, 0.3) is 0 Å². The summed E-state index contributed by atoms with van der Waals surface area (Å²) in [6.45, 7) is 1.99. The highest BCUT2D eigenvalue weighted by atomic mass is 35.5. The van der Waals surface area contributed by atoms with E-state index in [-0.39, 0.29) is 0 Å². The van der Waals surface area contributed by atoms with Crippen LogP contribution in [0.2, 0.25) is 10.0 Å². The minimum Gasteiger partial charge on any atom is -0.368 e. The smallest absolute Gasteiger partial charge is 0.223 e. The van der Waals surface area contributed by atoms with Crippen LogP contribution >= 0.6 is 23.2 Å². The van der Waals surface area contributed by atoms with Crippen molar-refractivity contribution in [3.63, 3.8) is 0 Å². The molecule has 252 valence electrons. The lowest BCUT2D eigenvalue weighted by molar-refractivity contribution is 0.658. The third-order valence-electron chi connectivity index (χ3n) is 9.49. The molecule has 12 heteroatoms. The molecular formula is C36H44Cl2N10. The molecule has 10 nitrogen and oxygen atoms in total. The van der Waals surface area contributed by atoms with E-state index in [1.165, 1.54) is 36.8 Å². The molecule has 2 aliphatic heterocycles.